The van der Waals surface area contributed by atoms with E-state index >= 15 is 0 Å². The number of nitrogens with one attached hydrogen (secondary N) is 2. The summed E-state index contributed by atoms with van der Waals surface area (Å²) in [5.74, 6) is 1.06. The van der Waals surface area contributed by atoms with E-state index in [-0.39, 0.29) is 31.7 Å². The molecule has 0 atom stereocenters. The average molecular weight is 498 g/mol. The maximum atomic E-state index is 12.7. The van der Waals surface area contributed by atoms with Crippen LogP contribution >= 0.6 is 23.5 Å². The number of carbonyl (C=O) groups excluding carboxylic acids is 4. The fourth-order valence-corrected chi connectivity index (χ4v) is 5.39. The molecule has 174 valence electrons. The van der Waals surface area contributed by atoms with E-state index in [0.717, 1.165) is 27.1 Å². The molecule has 3 heterocycles. The molecular weight excluding hydrogens is 478 g/mol. The Balaban J connectivity index is 1.19. The molecule has 0 spiro atoms. The van der Waals surface area contributed by atoms with Crippen LogP contribution in [0.2, 0.25) is 0 Å². The smallest absolute Gasteiger partial charge is 0.293 e. The van der Waals surface area contributed by atoms with Gasteiger partial charge in [-0.05, 0) is 53.7 Å². The predicted octanol–water partition coefficient (Wildman–Crippen LogP) is 3.32. The van der Waals surface area contributed by atoms with Crippen LogP contribution in [0.5, 0.6) is 11.5 Å². The Kier molecular flexibility index (Phi) is 6.20. The normalized spacial score (nSPS) is 18.1. The van der Waals surface area contributed by atoms with Gasteiger partial charge in [0.05, 0.1) is 10.6 Å². The number of anilines is 1. The fraction of sp³-hybridized carbons (Fsp3) is 0.217. The van der Waals surface area contributed by atoms with E-state index in [9.17, 15) is 19.2 Å². The Morgan fingerprint density at radius 3 is 2.85 bits per heavy atom. The molecule has 2 aromatic carbocycles. The Morgan fingerprint density at radius 1 is 1.12 bits per heavy atom. The van der Waals surface area contributed by atoms with Crippen LogP contribution < -0.4 is 20.1 Å². The molecule has 3 aliphatic heterocycles. The van der Waals surface area contributed by atoms with E-state index in [1.807, 2.05) is 0 Å². The summed E-state index contributed by atoms with van der Waals surface area (Å²) < 4.78 is 10.6. The van der Waals surface area contributed by atoms with Crippen molar-refractivity contribution in [3.63, 3.8) is 0 Å². The molecule has 0 aromatic heterocycles. The van der Waals surface area contributed by atoms with Gasteiger partial charge in [0, 0.05) is 35.7 Å². The molecule has 9 nitrogen and oxygen atoms in total. The zero-order valence-electron chi connectivity index (χ0n) is 17.8. The minimum atomic E-state index is -0.410. The highest BCUT2D eigenvalue weighted by molar-refractivity contribution is 8.18. The van der Waals surface area contributed by atoms with Gasteiger partial charge in [0.15, 0.2) is 11.5 Å². The lowest BCUT2D eigenvalue weighted by atomic mass is 10.2. The molecule has 0 radical (unpaired) electrons. The summed E-state index contributed by atoms with van der Waals surface area (Å²) >= 11 is 2.41. The van der Waals surface area contributed by atoms with Crippen molar-refractivity contribution in [2.45, 2.75) is 11.3 Å². The van der Waals surface area contributed by atoms with Crippen LogP contribution in [-0.2, 0) is 9.59 Å². The predicted molar refractivity (Wildman–Crippen MR) is 128 cm³/mol. The van der Waals surface area contributed by atoms with Crippen LogP contribution in [0.3, 0.4) is 0 Å². The summed E-state index contributed by atoms with van der Waals surface area (Å²) in [5.41, 5.74) is 1.72. The van der Waals surface area contributed by atoms with E-state index in [1.165, 1.54) is 0 Å². The first kappa shape index (κ1) is 22.4. The molecule has 11 heteroatoms. The molecule has 4 amide bonds. The summed E-state index contributed by atoms with van der Waals surface area (Å²) in [7, 11) is 0. The molecule has 0 unspecified atom stereocenters. The number of hydrogen-bond acceptors (Lipinski definition) is 8. The molecule has 1 fully saturated rings. The number of benzene rings is 2. The summed E-state index contributed by atoms with van der Waals surface area (Å²) in [5, 5.41) is 5.14. The molecule has 0 saturated carbocycles. The number of ether oxygens (including phenoxy) is 2. The van der Waals surface area contributed by atoms with Gasteiger partial charge in [0.2, 0.25) is 12.7 Å². The third-order valence-corrected chi connectivity index (χ3v) is 7.27. The summed E-state index contributed by atoms with van der Waals surface area (Å²) in [6.45, 7) is 0.304. The van der Waals surface area contributed by atoms with Gasteiger partial charge in [-0.2, -0.15) is 0 Å². The molecule has 5 rings (SSSR count). The molecule has 0 aliphatic carbocycles. The van der Waals surface area contributed by atoms with E-state index in [1.54, 1.807) is 54.2 Å². The third kappa shape index (κ3) is 4.62. The maximum Gasteiger partial charge on any atom is 0.293 e. The van der Waals surface area contributed by atoms with Gasteiger partial charge in [0.1, 0.15) is 0 Å². The molecule has 1 saturated heterocycles. The molecule has 34 heavy (non-hydrogen) atoms. The number of hydrogen-bond donors (Lipinski definition) is 2. The number of thioether (sulfide) groups is 2. The minimum absolute atomic E-state index is 0.0480. The number of carbonyl (C=O) groups is 4. The minimum Gasteiger partial charge on any atom is -0.454 e. The highest BCUT2D eigenvalue weighted by atomic mass is 32.2. The first-order valence-electron chi connectivity index (χ1n) is 10.5. The van der Waals surface area contributed by atoms with Crippen LogP contribution in [0, 0.1) is 0 Å². The van der Waals surface area contributed by atoms with Gasteiger partial charge in [-0.1, -0.05) is 6.07 Å². The standard InChI is InChI=1S/C23H19N3O6S2/c27-20-5-8-33-18-4-2-14(11-15(18)25-20)21(28)24-6-7-26-22(29)19(34-23(26)30)10-13-1-3-16-17(9-13)32-12-31-16/h1-4,9-11H,5-8,12H2,(H,24,28)(H,25,27)/b19-10-. The van der Waals surface area contributed by atoms with Gasteiger partial charge in [0.25, 0.3) is 17.1 Å². The number of fused-ring (bicyclic) bond motifs is 2. The Bertz CT molecular complexity index is 1250. The topological polar surface area (TPSA) is 114 Å². The highest BCUT2D eigenvalue weighted by Gasteiger charge is 2.34. The van der Waals surface area contributed by atoms with Crippen molar-refractivity contribution in [1.82, 2.24) is 10.2 Å². The molecule has 0 bridgehead atoms. The largest absolute Gasteiger partial charge is 0.454 e. The fourth-order valence-electron chi connectivity index (χ4n) is 3.59. The third-order valence-electron chi connectivity index (χ3n) is 5.29. The van der Waals surface area contributed by atoms with Gasteiger partial charge in [-0.3, -0.25) is 24.1 Å². The first-order chi connectivity index (χ1) is 16.5. The highest BCUT2D eigenvalue weighted by Crippen LogP contribution is 2.36. The number of imide groups is 1. The number of nitrogens with zero attached hydrogens (tertiary/aromatic N) is 1. The van der Waals surface area contributed by atoms with E-state index in [4.69, 9.17) is 9.47 Å². The lowest BCUT2D eigenvalue weighted by molar-refractivity contribution is -0.122. The van der Waals surface area contributed by atoms with Crippen molar-refractivity contribution < 1.29 is 28.7 Å². The van der Waals surface area contributed by atoms with E-state index in [2.05, 4.69) is 10.6 Å². The first-order valence-corrected chi connectivity index (χ1v) is 12.3. The maximum absolute atomic E-state index is 12.7. The van der Waals surface area contributed by atoms with Crippen LogP contribution in [0.4, 0.5) is 10.5 Å². The van der Waals surface area contributed by atoms with Crippen molar-refractivity contribution in [1.29, 1.82) is 0 Å². The second kappa shape index (κ2) is 9.43. The quantitative estimate of drug-likeness (QED) is 0.605. The van der Waals surface area contributed by atoms with Gasteiger partial charge < -0.3 is 20.1 Å². The monoisotopic (exact) mass is 497 g/mol. The summed E-state index contributed by atoms with van der Waals surface area (Å²) in [6.07, 6.45) is 2.05. The molecule has 2 aromatic rings. The van der Waals surface area contributed by atoms with Gasteiger partial charge in [-0.25, -0.2) is 0 Å². The van der Waals surface area contributed by atoms with Crippen molar-refractivity contribution >= 4 is 58.2 Å². The summed E-state index contributed by atoms with van der Waals surface area (Å²) in [4.78, 5) is 51.8. The van der Waals surface area contributed by atoms with Crippen LogP contribution in [0.25, 0.3) is 6.08 Å². The molecule has 3 aliphatic rings. The Labute approximate surface area is 203 Å². The Hall–Kier alpha value is -3.44. The second-order valence-electron chi connectivity index (χ2n) is 7.56. The molecule has 2 N–H and O–H groups in total. The van der Waals surface area contributed by atoms with Gasteiger partial charge in [-0.15, -0.1) is 11.8 Å². The second-order valence-corrected chi connectivity index (χ2v) is 9.69. The molecular formula is C23H19N3O6S2. The SMILES string of the molecule is O=C1CCSc2ccc(C(=O)NCCN3C(=O)S/C(=C\c4ccc5c(c4)OCO5)C3=O)cc2N1. The zero-order chi connectivity index (χ0) is 23.7. The van der Waals surface area contributed by atoms with Crippen molar-refractivity contribution in [3.8, 4) is 11.5 Å². The van der Waals surface area contributed by atoms with E-state index < -0.39 is 11.1 Å². The summed E-state index contributed by atoms with van der Waals surface area (Å²) in [6, 6.07) is 10.4. The van der Waals surface area contributed by atoms with Crippen molar-refractivity contribution in [2.24, 2.45) is 0 Å². The van der Waals surface area contributed by atoms with E-state index in [0.29, 0.717) is 39.8 Å². The lowest BCUT2D eigenvalue weighted by Gasteiger charge is -2.13. The van der Waals surface area contributed by atoms with Crippen LogP contribution in [0.1, 0.15) is 22.3 Å². The van der Waals surface area contributed by atoms with Crippen molar-refractivity contribution in [3.05, 3.63) is 52.4 Å². The van der Waals surface area contributed by atoms with Crippen LogP contribution in [-0.4, -0.2) is 53.5 Å². The van der Waals surface area contributed by atoms with Crippen LogP contribution in [0.15, 0.2) is 46.2 Å². The lowest BCUT2D eigenvalue weighted by Crippen LogP contribution is -2.37. The van der Waals surface area contributed by atoms with Gasteiger partial charge >= 0.3 is 0 Å². The van der Waals surface area contributed by atoms with Crippen molar-refractivity contribution in [2.75, 3.05) is 31.0 Å². The number of amides is 4. The number of rotatable bonds is 5. The zero-order valence-corrected chi connectivity index (χ0v) is 19.4. The Morgan fingerprint density at radius 2 is 1.97 bits per heavy atom. The average Bonchev–Trinajstić information content (AvgIpc) is 3.32.